The van der Waals surface area contributed by atoms with E-state index in [-0.39, 0.29) is 98.5 Å². The van der Waals surface area contributed by atoms with Gasteiger partial charge in [0.1, 0.15) is 12.6 Å². The lowest BCUT2D eigenvalue weighted by molar-refractivity contribution is -0.138. The maximum atomic E-state index is 14.2. The fourth-order valence-electron chi connectivity index (χ4n) is 10.4. The highest BCUT2D eigenvalue weighted by atomic mass is 32.1. The molecule has 3 aromatic carbocycles. The molecule has 1 aliphatic carbocycles. The van der Waals surface area contributed by atoms with Gasteiger partial charge < -0.3 is 55.0 Å². The Labute approximate surface area is 475 Å². The number of nitrogens with one attached hydrogen (secondary N) is 4. The number of amides is 8. The number of fused-ring (bicyclic) bond motifs is 3. The number of nitrogens with zero attached hydrogens (tertiary/aromatic N) is 4. The number of methoxy groups -OCH3 is 2. The van der Waals surface area contributed by atoms with Gasteiger partial charge in [-0.3, -0.25) is 43.5 Å². The number of aliphatic hydroxyl groups is 1. The summed E-state index contributed by atoms with van der Waals surface area (Å²) in [5.41, 5.74) is 3.19. The molecule has 22 nitrogen and oxygen atoms in total. The minimum absolute atomic E-state index is 0.0630. The molecule has 3 fully saturated rings. The van der Waals surface area contributed by atoms with Crippen molar-refractivity contribution in [3.05, 3.63) is 89.5 Å². The summed E-state index contributed by atoms with van der Waals surface area (Å²) in [7, 11) is 2.95. The normalized spacial score (nSPS) is 19.1. The topological polar surface area (TPSA) is 273 Å². The van der Waals surface area contributed by atoms with Crippen LogP contribution in [0.1, 0.15) is 117 Å². The van der Waals surface area contributed by atoms with Crippen LogP contribution < -0.4 is 45.1 Å². The number of hydrogen-bond acceptors (Lipinski definition) is 16. The van der Waals surface area contributed by atoms with Gasteiger partial charge in [-0.05, 0) is 87.6 Å². The standard InChI is InChI=1S/C58H70N8O14S/c1-6-13-40(62-50(68)30-59-49(67)14-9-7-10-19-64-51(69)27-48(81)56(64)74)53(71)61-37-17-15-36(16-18-37)32-80-57(75)66-42-26-47(45(77-5)24-39(42)54(72)65-31-34(2)22-43(65)55(66)73)79-21-12-8-11-20-78-46-25-41-38(23-44(46)76-4)52(70)63-58(33-60-41)28-35(3)29-58/h15-18,23-26,33,40,43,48,55,73,81H,2-3,6-14,19-22,27-32H2,1,4-5H3,(H,59,67)(H,61,71)(H,62,68)(H,63,70). The van der Waals surface area contributed by atoms with Gasteiger partial charge in [-0.2, -0.15) is 12.6 Å². The van der Waals surface area contributed by atoms with Gasteiger partial charge in [0.2, 0.25) is 29.5 Å². The van der Waals surface area contributed by atoms with Crippen molar-refractivity contribution in [2.24, 2.45) is 4.99 Å². The molecule has 1 spiro atoms. The number of thiol groups is 1. The molecule has 4 unspecified atom stereocenters. The molecule has 0 aromatic heterocycles. The number of anilines is 2. The van der Waals surface area contributed by atoms with Crippen LogP contribution in [0.2, 0.25) is 0 Å². The highest BCUT2D eigenvalue weighted by Crippen LogP contribution is 2.43. The number of likely N-dealkylation sites (tertiary alicyclic amines) is 1. The average Bonchev–Trinajstić information content (AvgIpc) is 3.61. The molecule has 5 N–H and O–H groups in total. The van der Waals surface area contributed by atoms with E-state index in [1.807, 2.05) is 6.92 Å². The predicted molar refractivity (Wildman–Crippen MR) is 302 cm³/mol. The molecule has 4 aliphatic heterocycles. The summed E-state index contributed by atoms with van der Waals surface area (Å²) >= 11 is 4.12. The second kappa shape index (κ2) is 26.6. The van der Waals surface area contributed by atoms with Crippen molar-refractivity contribution in [1.29, 1.82) is 0 Å². The third kappa shape index (κ3) is 14.2. The van der Waals surface area contributed by atoms with Crippen LogP contribution in [-0.2, 0) is 35.3 Å². The first-order valence-electron chi connectivity index (χ1n) is 27.2. The van der Waals surface area contributed by atoms with E-state index < -0.39 is 52.9 Å². The monoisotopic (exact) mass is 1130 g/mol. The van der Waals surface area contributed by atoms with E-state index in [2.05, 4.69) is 52.0 Å². The Morgan fingerprint density at radius 1 is 0.852 bits per heavy atom. The van der Waals surface area contributed by atoms with E-state index in [0.717, 1.165) is 10.5 Å². The van der Waals surface area contributed by atoms with Crippen LogP contribution in [0.3, 0.4) is 0 Å². The zero-order valence-electron chi connectivity index (χ0n) is 45.8. The summed E-state index contributed by atoms with van der Waals surface area (Å²) < 4.78 is 29.4. The number of ether oxygens (including phenoxy) is 5. The lowest BCUT2D eigenvalue weighted by Gasteiger charge is -2.40. The quantitative estimate of drug-likeness (QED) is 0.0243. The number of benzene rings is 3. The first-order chi connectivity index (χ1) is 38.9. The van der Waals surface area contributed by atoms with Crippen LogP contribution >= 0.6 is 12.6 Å². The Morgan fingerprint density at radius 3 is 2.19 bits per heavy atom. The smallest absolute Gasteiger partial charge is 0.416 e. The third-order valence-electron chi connectivity index (χ3n) is 14.7. The van der Waals surface area contributed by atoms with Gasteiger partial charge in [-0.1, -0.05) is 56.2 Å². The van der Waals surface area contributed by atoms with Crippen molar-refractivity contribution in [2.45, 2.75) is 126 Å². The minimum atomic E-state index is -1.53. The molecular formula is C58H70N8O14S. The molecule has 4 heterocycles. The molecule has 1 saturated carbocycles. The van der Waals surface area contributed by atoms with Crippen molar-refractivity contribution < 1.29 is 67.1 Å². The zero-order valence-corrected chi connectivity index (χ0v) is 46.7. The molecule has 0 radical (unpaired) electrons. The van der Waals surface area contributed by atoms with Gasteiger partial charge in [0.15, 0.2) is 29.2 Å². The Kier molecular flexibility index (Phi) is 19.4. The second-order valence-corrected chi connectivity index (χ2v) is 21.5. The second-order valence-electron chi connectivity index (χ2n) is 20.8. The average molecular weight is 1140 g/mol. The molecule has 0 bridgehead atoms. The van der Waals surface area contributed by atoms with E-state index in [9.17, 15) is 43.5 Å². The van der Waals surface area contributed by atoms with Gasteiger partial charge in [0.05, 0.1) is 73.3 Å². The SMILES string of the molecule is C=C1CC2C(O)N(C(=O)OCc3ccc(NC(=O)C(CCC)NC(=O)CNC(=O)CCCCCN4C(=O)CC(S)C4=O)cc3)c3cc(OCCCCCOc4cc5c(cc4OC)C(=O)NC4(C=N5)CC(=C)C4)c(OC)cc3C(=O)N2C1. The molecule has 432 valence electrons. The molecule has 2 saturated heterocycles. The highest BCUT2D eigenvalue weighted by Gasteiger charge is 2.47. The Morgan fingerprint density at radius 2 is 1.53 bits per heavy atom. The van der Waals surface area contributed by atoms with E-state index in [4.69, 9.17) is 23.7 Å². The van der Waals surface area contributed by atoms with Crippen molar-refractivity contribution in [1.82, 2.24) is 25.8 Å². The molecule has 8 amide bonds. The zero-order chi connectivity index (χ0) is 58.0. The summed E-state index contributed by atoms with van der Waals surface area (Å²) in [6.45, 7) is 10.3. The third-order valence-corrected chi connectivity index (χ3v) is 15.1. The number of imide groups is 1. The number of rotatable bonds is 25. The Balaban J connectivity index is 0.822. The van der Waals surface area contributed by atoms with Gasteiger partial charge in [0.25, 0.3) is 11.8 Å². The van der Waals surface area contributed by atoms with Gasteiger partial charge in [-0.25, -0.2) is 9.69 Å². The number of aliphatic imine (C=N–C) groups is 1. The van der Waals surface area contributed by atoms with Crippen LogP contribution in [0, 0.1) is 0 Å². The van der Waals surface area contributed by atoms with E-state index in [1.54, 1.807) is 42.6 Å². The summed E-state index contributed by atoms with van der Waals surface area (Å²) in [5, 5.41) is 22.4. The number of carbonyl (C=O) groups is 8. The molecule has 81 heavy (non-hydrogen) atoms. The summed E-state index contributed by atoms with van der Waals surface area (Å²) in [4.78, 5) is 112. The maximum Gasteiger partial charge on any atom is 0.416 e. The van der Waals surface area contributed by atoms with Crippen molar-refractivity contribution in [2.75, 3.05) is 57.3 Å². The van der Waals surface area contributed by atoms with Gasteiger partial charge in [-0.15, -0.1) is 0 Å². The predicted octanol–water partition coefficient (Wildman–Crippen LogP) is 6.07. The van der Waals surface area contributed by atoms with Crippen molar-refractivity contribution in [3.8, 4) is 23.0 Å². The number of unbranched alkanes of at least 4 members (excludes halogenated alkanes) is 4. The maximum absolute atomic E-state index is 14.2. The first kappa shape index (κ1) is 59.2. The lowest BCUT2D eigenvalue weighted by Crippen LogP contribution is -2.55. The molecule has 3 aromatic rings. The number of hydrogen-bond donors (Lipinski definition) is 6. The molecular weight excluding hydrogens is 1060 g/mol. The van der Waals surface area contributed by atoms with Gasteiger partial charge >= 0.3 is 6.09 Å². The fraction of sp³-hybridized carbons (Fsp3) is 0.466. The minimum Gasteiger partial charge on any atom is -0.493 e. The van der Waals surface area contributed by atoms with E-state index in [1.165, 1.54) is 36.2 Å². The molecule has 8 rings (SSSR count). The van der Waals surface area contributed by atoms with Crippen LogP contribution in [0.15, 0.2) is 77.8 Å². The van der Waals surface area contributed by atoms with Crippen LogP contribution in [0.4, 0.5) is 21.9 Å². The highest BCUT2D eigenvalue weighted by molar-refractivity contribution is 7.81. The summed E-state index contributed by atoms with van der Waals surface area (Å²) in [6, 6.07) is 11.1. The number of carbonyl (C=O) groups excluding carboxylic acids is 8. The first-order valence-corrected chi connectivity index (χ1v) is 27.8. The molecule has 4 atom stereocenters. The van der Waals surface area contributed by atoms with E-state index in [0.29, 0.717) is 110 Å². The summed E-state index contributed by atoms with van der Waals surface area (Å²) in [6.07, 6.45) is 5.52. The van der Waals surface area contributed by atoms with Crippen molar-refractivity contribution in [3.63, 3.8) is 0 Å². The molecule has 23 heteroatoms. The Hall–Kier alpha value is -7.92. The Bertz CT molecular complexity index is 2980. The van der Waals surface area contributed by atoms with Crippen LogP contribution in [0.25, 0.3) is 0 Å². The van der Waals surface area contributed by atoms with Crippen LogP contribution in [-0.4, -0.2) is 145 Å². The van der Waals surface area contributed by atoms with Crippen LogP contribution in [0.5, 0.6) is 23.0 Å². The lowest BCUT2D eigenvalue weighted by atomic mass is 9.74. The fourth-order valence-corrected chi connectivity index (χ4v) is 10.7. The largest absolute Gasteiger partial charge is 0.493 e. The summed E-state index contributed by atoms with van der Waals surface area (Å²) in [5.74, 6) is -1.26. The number of aliphatic hydroxyl groups excluding tert-OH is 1. The van der Waals surface area contributed by atoms with Gasteiger partial charge in [0, 0.05) is 50.0 Å². The molecule has 5 aliphatic rings. The van der Waals surface area contributed by atoms with E-state index >= 15 is 0 Å². The van der Waals surface area contributed by atoms with Crippen molar-refractivity contribution >= 4 is 83.3 Å².